The van der Waals surface area contributed by atoms with Crippen molar-refractivity contribution in [3.8, 4) is 5.75 Å². The van der Waals surface area contributed by atoms with Crippen LogP contribution in [0.4, 0.5) is 0 Å². The highest BCUT2D eigenvalue weighted by molar-refractivity contribution is 6.34. The van der Waals surface area contributed by atoms with Gasteiger partial charge in [0.1, 0.15) is 11.9 Å². The number of rotatable bonds is 2. The van der Waals surface area contributed by atoms with Gasteiger partial charge >= 0.3 is 0 Å². The molecule has 2 aromatic rings. The maximum Gasteiger partial charge on any atom is 0.126 e. The standard InChI is InChI=1S/C16H14Cl3NO/c1-20-14-8-16(9-4-11(18)6-12(19)5-9)21-15-3-2-10(17)7-13(14)15/h2-7,14,16,20H,8H2,1H3. The molecule has 1 aliphatic heterocycles. The van der Waals surface area contributed by atoms with Crippen LogP contribution < -0.4 is 10.1 Å². The van der Waals surface area contributed by atoms with Crippen LogP contribution >= 0.6 is 34.8 Å². The zero-order valence-electron chi connectivity index (χ0n) is 11.4. The minimum Gasteiger partial charge on any atom is -0.485 e. The molecule has 0 saturated heterocycles. The third-order valence-corrected chi connectivity index (χ3v) is 4.34. The van der Waals surface area contributed by atoms with Crippen LogP contribution in [0.5, 0.6) is 5.75 Å². The predicted octanol–water partition coefficient (Wildman–Crippen LogP) is 5.43. The van der Waals surface area contributed by atoms with Crippen molar-refractivity contribution in [2.75, 3.05) is 7.05 Å². The second kappa shape index (κ2) is 6.05. The van der Waals surface area contributed by atoms with Gasteiger partial charge in [0.25, 0.3) is 0 Å². The van der Waals surface area contributed by atoms with Gasteiger partial charge in [-0.15, -0.1) is 0 Å². The Kier molecular flexibility index (Phi) is 4.32. The first-order valence-corrected chi connectivity index (χ1v) is 7.79. The van der Waals surface area contributed by atoms with E-state index in [1.54, 1.807) is 6.07 Å². The lowest BCUT2D eigenvalue weighted by Gasteiger charge is -2.32. The summed E-state index contributed by atoms with van der Waals surface area (Å²) in [6.45, 7) is 0. The first-order valence-electron chi connectivity index (χ1n) is 6.66. The topological polar surface area (TPSA) is 21.3 Å². The van der Waals surface area contributed by atoms with E-state index in [0.29, 0.717) is 15.1 Å². The summed E-state index contributed by atoms with van der Waals surface area (Å²) in [6.07, 6.45) is 0.702. The fraction of sp³-hybridized carbons (Fsp3) is 0.250. The lowest BCUT2D eigenvalue weighted by molar-refractivity contribution is 0.154. The summed E-state index contributed by atoms with van der Waals surface area (Å²) in [6, 6.07) is 11.4. The van der Waals surface area contributed by atoms with E-state index in [4.69, 9.17) is 39.5 Å². The molecule has 0 fully saturated rings. The Labute approximate surface area is 139 Å². The van der Waals surface area contributed by atoms with Crippen molar-refractivity contribution in [3.63, 3.8) is 0 Å². The average molecular weight is 343 g/mol. The van der Waals surface area contributed by atoms with Gasteiger partial charge < -0.3 is 10.1 Å². The molecular formula is C16H14Cl3NO. The van der Waals surface area contributed by atoms with E-state index in [9.17, 15) is 0 Å². The number of halogens is 3. The maximum absolute atomic E-state index is 6.10. The molecule has 0 bridgehead atoms. The molecule has 1 heterocycles. The largest absolute Gasteiger partial charge is 0.485 e. The summed E-state index contributed by atoms with van der Waals surface area (Å²) in [4.78, 5) is 0. The Morgan fingerprint density at radius 1 is 1.00 bits per heavy atom. The summed E-state index contributed by atoms with van der Waals surface area (Å²) in [7, 11) is 1.93. The molecule has 110 valence electrons. The van der Waals surface area contributed by atoms with Gasteiger partial charge in [-0.25, -0.2) is 0 Å². The van der Waals surface area contributed by atoms with E-state index in [0.717, 1.165) is 23.3 Å². The van der Waals surface area contributed by atoms with Crippen LogP contribution in [0.2, 0.25) is 15.1 Å². The van der Waals surface area contributed by atoms with Crippen molar-refractivity contribution >= 4 is 34.8 Å². The van der Waals surface area contributed by atoms with Crippen molar-refractivity contribution in [1.82, 2.24) is 5.32 Å². The van der Waals surface area contributed by atoms with Crippen LogP contribution in [0.1, 0.15) is 29.7 Å². The van der Waals surface area contributed by atoms with Crippen LogP contribution in [-0.2, 0) is 0 Å². The maximum atomic E-state index is 6.10. The molecule has 0 aliphatic carbocycles. The lowest BCUT2D eigenvalue weighted by atomic mass is 9.93. The molecule has 2 atom stereocenters. The van der Waals surface area contributed by atoms with Gasteiger partial charge in [0.2, 0.25) is 0 Å². The van der Waals surface area contributed by atoms with Crippen LogP contribution in [-0.4, -0.2) is 7.05 Å². The molecule has 5 heteroatoms. The molecule has 0 radical (unpaired) electrons. The fourth-order valence-electron chi connectivity index (χ4n) is 2.68. The molecule has 2 unspecified atom stereocenters. The third kappa shape index (κ3) is 3.14. The monoisotopic (exact) mass is 341 g/mol. The van der Waals surface area contributed by atoms with E-state index in [2.05, 4.69) is 5.32 Å². The van der Waals surface area contributed by atoms with Crippen LogP contribution in [0.25, 0.3) is 0 Å². The van der Waals surface area contributed by atoms with Crippen LogP contribution in [0.15, 0.2) is 36.4 Å². The number of nitrogens with one attached hydrogen (secondary N) is 1. The number of hydrogen-bond donors (Lipinski definition) is 1. The molecule has 1 aliphatic rings. The number of fused-ring (bicyclic) bond motifs is 1. The second-order valence-electron chi connectivity index (χ2n) is 5.07. The van der Waals surface area contributed by atoms with Crippen LogP contribution in [0, 0.1) is 0 Å². The van der Waals surface area contributed by atoms with E-state index in [1.807, 2.05) is 37.4 Å². The predicted molar refractivity (Wildman–Crippen MR) is 87.7 cm³/mol. The van der Waals surface area contributed by atoms with Crippen molar-refractivity contribution in [3.05, 3.63) is 62.6 Å². The second-order valence-corrected chi connectivity index (χ2v) is 6.38. The molecule has 21 heavy (non-hydrogen) atoms. The molecule has 2 aromatic carbocycles. The number of ether oxygens (including phenoxy) is 1. The number of benzene rings is 2. The molecule has 0 amide bonds. The van der Waals surface area contributed by atoms with Gasteiger partial charge in [-0.05, 0) is 49.0 Å². The normalized spacial score (nSPS) is 20.8. The first kappa shape index (κ1) is 15.0. The summed E-state index contributed by atoms with van der Waals surface area (Å²) in [5.41, 5.74) is 2.06. The lowest BCUT2D eigenvalue weighted by Crippen LogP contribution is -2.26. The van der Waals surface area contributed by atoms with E-state index in [1.165, 1.54) is 0 Å². The van der Waals surface area contributed by atoms with E-state index < -0.39 is 0 Å². The molecule has 0 saturated carbocycles. The zero-order valence-corrected chi connectivity index (χ0v) is 13.6. The molecule has 0 spiro atoms. The third-order valence-electron chi connectivity index (χ3n) is 3.67. The smallest absolute Gasteiger partial charge is 0.126 e. The van der Waals surface area contributed by atoms with Crippen molar-refractivity contribution in [2.45, 2.75) is 18.6 Å². The molecule has 2 nitrogen and oxygen atoms in total. The zero-order chi connectivity index (χ0) is 15.0. The summed E-state index contributed by atoms with van der Waals surface area (Å²) < 4.78 is 6.10. The minimum absolute atomic E-state index is 0.0904. The highest BCUT2D eigenvalue weighted by atomic mass is 35.5. The van der Waals surface area contributed by atoms with Crippen molar-refractivity contribution in [1.29, 1.82) is 0 Å². The van der Waals surface area contributed by atoms with Gasteiger partial charge in [-0.2, -0.15) is 0 Å². The summed E-state index contributed by atoms with van der Waals surface area (Å²) in [5.74, 6) is 0.839. The van der Waals surface area contributed by atoms with Gasteiger partial charge in [-0.3, -0.25) is 0 Å². The quantitative estimate of drug-likeness (QED) is 0.785. The van der Waals surface area contributed by atoms with Gasteiger partial charge in [0, 0.05) is 33.1 Å². The SMILES string of the molecule is CNC1CC(c2cc(Cl)cc(Cl)c2)Oc2ccc(Cl)cc21. The highest BCUT2D eigenvalue weighted by Crippen LogP contribution is 2.42. The molecule has 3 rings (SSSR count). The summed E-state index contributed by atoms with van der Waals surface area (Å²) >= 11 is 18.3. The summed E-state index contributed by atoms with van der Waals surface area (Å²) in [5, 5.41) is 5.25. The average Bonchev–Trinajstić information content (AvgIpc) is 2.45. The molecular weight excluding hydrogens is 329 g/mol. The Morgan fingerprint density at radius 3 is 2.38 bits per heavy atom. The Balaban J connectivity index is 1.98. The Morgan fingerprint density at radius 2 is 1.71 bits per heavy atom. The van der Waals surface area contributed by atoms with Crippen molar-refractivity contribution < 1.29 is 4.74 Å². The minimum atomic E-state index is -0.0904. The Bertz CT molecular complexity index is 654. The Hall–Kier alpha value is -0.930. The number of hydrogen-bond acceptors (Lipinski definition) is 2. The molecule has 1 N–H and O–H groups in total. The molecule has 0 aromatic heterocycles. The van der Waals surface area contributed by atoms with Gasteiger partial charge in [0.05, 0.1) is 0 Å². The van der Waals surface area contributed by atoms with E-state index in [-0.39, 0.29) is 12.1 Å². The first-order chi connectivity index (χ1) is 10.1. The van der Waals surface area contributed by atoms with Gasteiger partial charge in [0.15, 0.2) is 0 Å². The van der Waals surface area contributed by atoms with E-state index >= 15 is 0 Å². The van der Waals surface area contributed by atoms with Crippen LogP contribution in [0.3, 0.4) is 0 Å². The fourth-order valence-corrected chi connectivity index (χ4v) is 3.40. The van der Waals surface area contributed by atoms with Crippen molar-refractivity contribution in [2.24, 2.45) is 0 Å². The highest BCUT2D eigenvalue weighted by Gasteiger charge is 2.29. The van der Waals surface area contributed by atoms with Gasteiger partial charge in [-0.1, -0.05) is 34.8 Å².